The Balaban J connectivity index is 1.90. The highest BCUT2D eigenvalue weighted by atomic mass is 35.5. The molecule has 1 nitrogen and oxygen atoms in total. The van der Waals surface area contributed by atoms with E-state index in [9.17, 15) is 0 Å². The number of halogens is 2. The Kier molecular flexibility index (Phi) is 5.68. The van der Waals surface area contributed by atoms with E-state index in [4.69, 9.17) is 28.9 Å². The zero-order valence-corrected chi connectivity index (χ0v) is 12.7. The molecule has 0 spiro atoms. The smallest absolute Gasteiger partial charge is 0.0640 e. The van der Waals surface area contributed by atoms with Crippen LogP contribution in [0.25, 0.3) is 0 Å². The second-order valence-electron chi connectivity index (χ2n) is 4.84. The third kappa shape index (κ3) is 3.80. The van der Waals surface area contributed by atoms with Crippen molar-refractivity contribution in [1.82, 2.24) is 0 Å². The van der Waals surface area contributed by atoms with Crippen molar-refractivity contribution < 1.29 is 0 Å². The summed E-state index contributed by atoms with van der Waals surface area (Å²) in [5.41, 5.74) is 7.18. The fourth-order valence-corrected chi connectivity index (χ4v) is 4.14. The molecule has 2 N–H and O–H groups in total. The summed E-state index contributed by atoms with van der Waals surface area (Å²) >= 11 is 14.2. The molecule has 0 radical (unpaired) electrons. The van der Waals surface area contributed by atoms with E-state index in [1.165, 1.54) is 32.1 Å². The minimum atomic E-state index is -0.0249. The fraction of sp³-hybridized carbons (Fsp3) is 0.571. The van der Waals surface area contributed by atoms with Crippen LogP contribution in [0.5, 0.6) is 0 Å². The van der Waals surface area contributed by atoms with Crippen LogP contribution in [0, 0.1) is 0 Å². The maximum absolute atomic E-state index is 6.22. The zero-order chi connectivity index (χ0) is 13.0. The summed E-state index contributed by atoms with van der Waals surface area (Å²) in [5.74, 6) is 0.921. The molecule has 1 aliphatic rings. The van der Waals surface area contributed by atoms with E-state index in [2.05, 4.69) is 0 Å². The summed E-state index contributed by atoms with van der Waals surface area (Å²) in [6.07, 6.45) is 6.79. The zero-order valence-electron chi connectivity index (χ0n) is 10.4. The number of thioether (sulfide) groups is 1. The van der Waals surface area contributed by atoms with Gasteiger partial charge in [0.25, 0.3) is 0 Å². The van der Waals surface area contributed by atoms with Crippen LogP contribution < -0.4 is 5.73 Å². The lowest BCUT2D eigenvalue weighted by atomic mass is 10.0. The number of rotatable bonds is 4. The standard InChI is InChI=1S/C14H19Cl2NS/c15-12-8-4-7-11(14(12)16)13(17)9-18-10-5-2-1-3-6-10/h4,7-8,10,13H,1-3,5-6,9,17H2. The molecule has 1 aliphatic carbocycles. The van der Waals surface area contributed by atoms with Gasteiger partial charge in [-0.05, 0) is 24.5 Å². The molecule has 18 heavy (non-hydrogen) atoms. The van der Waals surface area contributed by atoms with Crippen molar-refractivity contribution >= 4 is 35.0 Å². The van der Waals surface area contributed by atoms with Gasteiger partial charge >= 0.3 is 0 Å². The van der Waals surface area contributed by atoms with E-state index in [-0.39, 0.29) is 6.04 Å². The number of hydrogen-bond donors (Lipinski definition) is 1. The van der Waals surface area contributed by atoms with Crippen molar-refractivity contribution in [3.05, 3.63) is 33.8 Å². The van der Waals surface area contributed by atoms with Gasteiger partial charge in [0.05, 0.1) is 10.0 Å². The molecule has 0 aromatic heterocycles. The van der Waals surface area contributed by atoms with Gasteiger partial charge in [-0.1, -0.05) is 54.6 Å². The summed E-state index contributed by atoms with van der Waals surface area (Å²) in [6, 6.07) is 5.66. The topological polar surface area (TPSA) is 26.0 Å². The second kappa shape index (κ2) is 7.04. The summed E-state index contributed by atoms with van der Waals surface area (Å²) in [6.45, 7) is 0. The highest BCUT2D eigenvalue weighted by molar-refractivity contribution is 7.99. The van der Waals surface area contributed by atoms with Gasteiger partial charge in [-0.2, -0.15) is 11.8 Å². The number of hydrogen-bond acceptors (Lipinski definition) is 2. The van der Waals surface area contributed by atoms with Gasteiger partial charge in [-0.3, -0.25) is 0 Å². The first-order valence-corrected chi connectivity index (χ1v) is 8.30. The third-order valence-electron chi connectivity index (χ3n) is 3.44. The normalized spacial score (nSPS) is 18.8. The first-order chi connectivity index (χ1) is 8.68. The molecule has 1 saturated carbocycles. The summed E-state index contributed by atoms with van der Waals surface area (Å²) in [5, 5.41) is 1.98. The second-order valence-corrected chi connectivity index (χ2v) is 6.96. The monoisotopic (exact) mass is 303 g/mol. The van der Waals surface area contributed by atoms with Gasteiger partial charge in [0, 0.05) is 17.0 Å². The van der Waals surface area contributed by atoms with Crippen LogP contribution in [0.1, 0.15) is 43.7 Å². The average Bonchev–Trinajstić information content (AvgIpc) is 2.40. The van der Waals surface area contributed by atoms with Gasteiger partial charge in [-0.15, -0.1) is 0 Å². The lowest BCUT2D eigenvalue weighted by Crippen LogP contribution is -2.17. The molecule has 0 aliphatic heterocycles. The minimum Gasteiger partial charge on any atom is -0.323 e. The average molecular weight is 304 g/mol. The van der Waals surface area contributed by atoms with E-state index in [0.29, 0.717) is 10.0 Å². The van der Waals surface area contributed by atoms with E-state index >= 15 is 0 Å². The quantitative estimate of drug-likeness (QED) is 0.841. The van der Waals surface area contributed by atoms with Crippen LogP contribution in [0.3, 0.4) is 0 Å². The van der Waals surface area contributed by atoms with E-state index in [1.807, 2.05) is 23.9 Å². The molecule has 1 unspecified atom stereocenters. The van der Waals surface area contributed by atoms with E-state index < -0.39 is 0 Å². The fourth-order valence-electron chi connectivity index (χ4n) is 2.37. The molecular formula is C14H19Cl2NS. The Bertz CT molecular complexity index is 391. The van der Waals surface area contributed by atoms with Crippen molar-refractivity contribution in [2.45, 2.75) is 43.4 Å². The molecular weight excluding hydrogens is 285 g/mol. The van der Waals surface area contributed by atoms with Gasteiger partial charge in [0.1, 0.15) is 0 Å². The Labute approximate surface area is 123 Å². The molecule has 0 bridgehead atoms. The predicted molar refractivity (Wildman–Crippen MR) is 82.7 cm³/mol. The lowest BCUT2D eigenvalue weighted by Gasteiger charge is -2.23. The predicted octanol–water partition coefficient (Wildman–Crippen LogP) is 5.06. The van der Waals surface area contributed by atoms with Gasteiger partial charge in [-0.25, -0.2) is 0 Å². The Morgan fingerprint density at radius 1 is 1.22 bits per heavy atom. The van der Waals surface area contributed by atoms with Gasteiger partial charge in [0.2, 0.25) is 0 Å². The Morgan fingerprint density at radius 2 is 1.94 bits per heavy atom. The highest BCUT2D eigenvalue weighted by Crippen LogP contribution is 2.33. The molecule has 0 heterocycles. The van der Waals surface area contributed by atoms with Gasteiger partial charge in [0.15, 0.2) is 0 Å². The molecule has 100 valence electrons. The molecule has 1 aromatic carbocycles. The number of benzene rings is 1. The molecule has 1 aromatic rings. The number of nitrogens with two attached hydrogens (primary N) is 1. The summed E-state index contributed by atoms with van der Waals surface area (Å²) < 4.78 is 0. The van der Waals surface area contributed by atoms with Crippen LogP contribution in [0.2, 0.25) is 10.0 Å². The van der Waals surface area contributed by atoms with Crippen molar-refractivity contribution in [3.63, 3.8) is 0 Å². The SMILES string of the molecule is NC(CSC1CCCCC1)c1cccc(Cl)c1Cl. The molecule has 1 fully saturated rings. The Hall–Kier alpha value is 0.110. The first kappa shape index (κ1) is 14.5. The molecule has 1 atom stereocenters. The largest absolute Gasteiger partial charge is 0.323 e. The van der Waals surface area contributed by atoms with Crippen LogP contribution in [0.15, 0.2) is 18.2 Å². The maximum atomic E-state index is 6.22. The van der Waals surface area contributed by atoms with E-state index in [1.54, 1.807) is 6.07 Å². The van der Waals surface area contributed by atoms with Crippen LogP contribution >= 0.6 is 35.0 Å². The molecule has 2 rings (SSSR count). The third-order valence-corrected chi connectivity index (χ3v) is 5.77. The van der Waals surface area contributed by atoms with Crippen LogP contribution in [-0.2, 0) is 0 Å². The maximum Gasteiger partial charge on any atom is 0.0640 e. The highest BCUT2D eigenvalue weighted by Gasteiger charge is 2.17. The van der Waals surface area contributed by atoms with Crippen molar-refractivity contribution in [3.8, 4) is 0 Å². The van der Waals surface area contributed by atoms with Crippen molar-refractivity contribution in [2.24, 2.45) is 5.73 Å². The van der Waals surface area contributed by atoms with Crippen LogP contribution in [-0.4, -0.2) is 11.0 Å². The summed E-state index contributed by atoms with van der Waals surface area (Å²) in [7, 11) is 0. The van der Waals surface area contributed by atoms with Crippen molar-refractivity contribution in [2.75, 3.05) is 5.75 Å². The van der Waals surface area contributed by atoms with Crippen LogP contribution in [0.4, 0.5) is 0 Å². The summed E-state index contributed by atoms with van der Waals surface area (Å²) in [4.78, 5) is 0. The molecule has 0 amide bonds. The van der Waals surface area contributed by atoms with Gasteiger partial charge < -0.3 is 5.73 Å². The van der Waals surface area contributed by atoms with E-state index in [0.717, 1.165) is 16.6 Å². The first-order valence-electron chi connectivity index (χ1n) is 6.49. The molecule has 4 heteroatoms. The molecule has 0 saturated heterocycles. The Morgan fingerprint density at radius 3 is 2.67 bits per heavy atom. The minimum absolute atomic E-state index is 0.0249. The van der Waals surface area contributed by atoms with Crippen molar-refractivity contribution in [1.29, 1.82) is 0 Å². The lowest BCUT2D eigenvalue weighted by molar-refractivity contribution is 0.515.